The maximum absolute atomic E-state index is 9.07. The summed E-state index contributed by atoms with van der Waals surface area (Å²) in [5, 5.41) is 9.07. The summed E-state index contributed by atoms with van der Waals surface area (Å²) in [5.74, 6) is 0.0592. The predicted molar refractivity (Wildman–Crippen MR) is 60.7 cm³/mol. The SMILES string of the molecule is CCc1ccc(-c2ccc(O)nc2)cc1. The summed E-state index contributed by atoms with van der Waals surface area (Å²) in [6.45, 7) is 2.14. The number of aromatic nitrogens is 1. The lowest BCUT2D eigenvalue weighted by Crippen LogP contribution is -1.82. The minimum Gasteiger partial charge on any atom is -0.493 e. The van der Waals surface area contributed by atoms with E-state index in [1.807, 2.05) is 6.07 Å². The lowest BCUT2D eigenvalue weighted by Gasteiger charge is -2.02. The molecular formula is C13H13NO. The van der Waals surface area contributed by atoms with Crippen LogP contribution in [0.2, 0.25) is 0 Å². The number of nitrogens with zero attached hydrogens (tertiary/aromatic N) is 1. The van der Waals surface area contributed by atoms with Crippen molar-refractivity contribution >= 4 is 0 Å². The van der Waals surface area contributed by atoms with Gasteiger partial charge in [0.05, 0.1) is 0 Å². The third-order valence-corrected chi connectivity index (χ3v) is 2.44. The molecule has 1 heterocycles. The largest absolute Gasteiger partial charge is 0.493 e. The molecule has 1 aromatic carbocycles. The Morgan fingerprint density at radius 3 is 2.20 bits per heavy atom. The Kier molecular flexibility index (Phi) is 2.68. The van der Waals surface area contributed by atoms with Crippen molar-refractivity contribution in [1.29, 1.82) is 0 Å². The molecule has 0 saturated heterocycles. The third-order valence-electron chi connectivity index (χ3n) is 2.44. The Labute approximate surface area is 89.2 Å². The number of pyridine rings is 1. The Morgan fingerprint density at radius 1 is 1.00 bits per heavy atom. The molecule has 0 amide bonds. The molecule has 2 heteroatoms. The first-order chi connectivity index (χ1) is 7.29. The van der Waals surface area contributed by atoms with Gasteiger partial charge in [-0.3, -0.25) is 0 Å². The van der Waals surface area contributed by atoms with Crippen molar-refractivity contribution in [1.82, 2.24) is 4.98 Å². The van der Waals surface area contributed by atoms with Crippen LogP contribution < -0.4 is 0 Å². The highest BCUT2D eigenvalue weighted by atomic mass is 16.3. The molecule has 2 rings (SSSR count). The van der Waals surface area contributed by atoms with Crippen LogP contribution in [0.15, 0.2) is 42.6 Å². The van der Waals surface area contributed by atoms with Crippen molar-refractivity contribution in [2.45, 2.75) is 13.3 Å². The van der Waals surface area contributed by atoms with Crippen LogP contribution in [0, 0.1) is 0 Å². The fourth-order valence-electron chi connectivity index (χ4n) is 1.49. The average Bonchev–Trinajstić information content (AvgIpc) is 2.30. The monoisotopic (exact) mass is 199 g/mol. The van der Waals surface area contributed by atoms with Crippen LogP contribution in [0.5, 0.6) is 5.88 Å². The standard InChI is InChI=1S/C13H13NO/c1-2-10-3-5-11(6-4-10)12-7-8-13(15)14-9-12/h3-9H,2H2,1H3,(H,14,15). The summed E-state index contributed by atoms with van der Waals surface area (Å²) in [6.07, 6.45) is 2.73. The van der Waals surface area contributed by atoms with E-state index >= 15 is 0 Å². The van der Waals surface area contributed by atoms with Gasteiger partial charge in [0.15, 0.2) is 0 Å². The van der Waals surface area contributed by atoms with Crippen LogP contribution in [-0.4, -0.2) is 10.1 Å². The quantitative estimate of drug-likeness (QED) is 0.806. The van der Waals surface area contributed by atoms with Crippen LogP contribution in [0.3, 0.4) is 0 Å². The van der Waals surface area contributed by atoms with Crippen molar-refractivity contribution in [2.75, 3.05) is 0 Å². The molecule has 1 aromatic heterocycles. The van der Waals surface area contributed by atoms with Gasteiger partial charge in [-0.15, -0.1) is 0 Å². The maximum atomic E-state index is 9.07. The molecule has 1 N–H and O–H groups in total. The molecule has 0 saturated carbocycles. The topological polar surface area (TPSA) is 33.1 Å². The summed E-state index contributed by atoms with van der Waals surface area (Å²) < 4.78 is 0. The highest BCUT2D eigenvalue weighted by Gasteiger charge is 1.98. The molecule has 0 radical (unpaired) electrons. The molecule has 0 atom stereocenters. The summed E-state index contributed by atoms with van der Waals surface area (Å²) in [6, 6.07) is 11.8. The fourth-order valence-corrected chi connectivity index (χ4v) is 1.49. The minimum atomic E-state index is 0.0592. The van der Waals surface area contributed by atoms with E-state index in [4.69, 9.17) is 5.11 Å². The van der Waals surface area contributed by atoms with Crippen LogP contribution in [0.4, 0.5) is 0 Å². The van der Waals surface area contributed by atoms with Crippen molar-refractivity contribution < 1.29 is 5.11 Å². The van der Waals surface area contributed by atoms with E-state index < -0.39 is 0 Å². The lowest BCUT2D eigenvalue weighted by atomic mass is 10.0. The summed E-state index contributed by atoms with van der Waals surface area (Å²) in [7, 11) is 0. The summed E-state index contributed by atoms with van der Waals surface area (Å²) >= 11 is 0. The number of hydrogen-bond donors (Lipinski definition) is 1. The van der Waals surface area contributed by atoms with Crippen LogP contribution in [-0.2, 0) is 6.42 Å². The highest BCUT2D eigenvalue weighted by molar-refractivity contribution is 5.62. The van der Waals surface area contributed by atoms with Gasteiger partial charge in [-0.05, 0) is 23.6 Å². The van der Waals surface area contributed by atoms with Gasteiger partial charge in [-0.1, -0.05) is 31.2 Å². The van der Waals surface area contributed by atoms with Gasteiger partial charge < -0.3 is 5.11 Å². The van der Waals surface area contributed by atoms with Crippen molar-refractivity contribution in [2.24, 2.45) is 0 Å². The van der Waals surface area contributed by atoms with E-state index in [-0.39, 0.29) is 5.88 Å². The molecule has 0 aliphatic carbocycles. The summed E-state index contributed by atoms with van der Waals surface area (Å²) in [5.41, 5.74) is 3.47. The van der Waals surface area contributed by atoms with E-state index in [2.05, 4.69) is 36.2 Å². The molecule has 2 aromatic rings. The Hall–Kier alpha value is -1.83. The maximum Gasteiger partial charge on any atom is 0.210 e. The van der Waals surface area contributed by atoms with E-state index in [1.165, 1.54) is 5.56 Å². The second-order valence-electron chi connectivity index (χ2n) is 3.46. The predicted octanol–water partition coefficient (Wildman–Crippen LogP) is 3.02. The van der Waals surface area contributed by atoms with Gasteiger partial charge in [0, 0.05) is 17.8 Å². The van der Waals surface area contributed by atoms with E-state index in [0.29, 0.717) is 0 Å². The van der Waals surface area contributed by atoms with Crippen LogP contribution in [0.1, 0.15) is 12.5 Å². The zero-order valence-electron chi connectivity index (χ0n) is 8.64. The normalized spacial score (nSPS) is 10.2. The second kappa shape index (κ2) is 4.13. The number of aromatic hydroxyl groups is 1. The minimum absolute atomic E-state index is 0.0592. The van der Waals surface area contributed by atoms with Gasteiger partial charge >= 0.3 is 0 Å². The molecule has 0 fully saturated rings. The molecule has 0 unspecified atom stereocenters. The van der Waals surface area contributed by atoms with Gasteiger partial charge in [-0.2, -0.15) is 0 Å². The van der Waals surface area contributed by atoms with Crippen molar-refractivity contribution in [3.8, 4) is 17.0 Å². The van der Waals surface area contributed by atoms with Gasteiger partial charge in [0.2, 0.25) is 5.88 Å². The fraction of sp³-hybridized carbons (Fsp3) is 0.154. The van der Waals surface area contributed by atoms with Gasteiger partial charge in [0.25, 0.3) is 0 Å². The third kappa shape index (κ3) is 2.15. The van der Waals surface area contributed by atoms with Gasteiger partial charge in [0.1, 0.15) is 0 Å². The average molecular weight is 199 g/mol. The van der Waals surface area contributed by atoms with Crippen LogP contribution in [0.25, 0.3) is 11.1 Å². The first-order valence-corrected chi connectivity index (χ1v) is 5.04. The smallest absolute Gasteiger partial charge is 0.210 e. The zero-order chi connectivity index (χ0) is 10.7. The zero-order valence-corrected chi connectivity index (χ0v) is 8.64. The highest BCUT2D eigenvalue weighted by Crippen LogP contribution is 2.20. The molecule has 15 heavy (non-hydrogen) atoms. The molecule has 0 bridgehead atoms. The molecular weight excluding hydrogens is 186 g/mol. The van der Waals surface area contributed by atoms with Crippen LogP contribution >= 0.6 is 0 Å². The second-order valence-corrected chi connectivity index (χ2v) is 3.46. The Bertz CT molecular complexity index is 431. The van der Waals surface area contributed by atoms with Gasteiger partial charge in [-0.25, -0.2) is 4.98 Å². The number of hydrogen-bond acceptors (Lipinski definition) is 2. The lowest BCUT2D eigenvalue weighted by molar-refractivity contribution is 0.453. The Morgan fingerprint density at radius 2 is 1.67 bits per heavy atom. The molecule has 76 valence electrons. The van der Waals surface area contributed by atoms with E-state index in [0.717, 1.165) is 17.5 Å². The molecule has 0 spiro atoms. The number of rotatable bonds is 2. The molecule has 0 aliphatic heterocycles. The van der Waals surface area contributed by atoms with Crippen molar-refractivity contribution in [3.63, 3.8) is 0 Å². The first kappa shape index (κ1) is 9.71. The van der Waals surface area contributed by atoms with E-state index in [1.54, 1.807) is 12.3 Å². The molecule has 0 aliphatic rings. The van der Waals surface area contributed by atoms with Crippen molar-refractivity contribution in [3.05, 3.63) is 48.2 Å². The Balaban J connectivity index is 2.33. The summed E-state index contributed by atoms with van der Waals surface area (Å²) in [4.78, 5) is 3.85. The first-order valence-electron chi connectivity index (χ1n) is 5.04. The van der Waals surface area contributed by atoms with E-state index in [9.17, 15) is 0 Å². The molecule has 2 nitrogen and oxygen atoms in total. The number of aryl methyl sites for hydroxylation is 1. The number of benzene rings is 1.